The molecule has 4 rings (SSSR count). The number of hydrogen-bond donors (Lipinski definition) is 0. The zero-order chi connectivity index (χ0) is 18.1. The third-order valence-electron chi connectivity index (χ3n) is 5.01. The van der Waals surface area contributed by atoms with Gasteiger partial charge in [-0.1, -0.05) is 35.8 Å². The Hall–Kier alpha value is -2.15. The van der Waals surface area contributed by atoms with Gasteiger partial charge >= 0.3 is 0 Å². The van der Waals surface area contributed by atoms with Crippen LogP contribution in [-0.2, 0) is 7.05 Å². The highest BCUT2D eigenvalue weighted by Gasteiger charge is 2.19. The number of aromatic nitrogens is 2. The maximum absolute atomic E-state index is 13.4. The number of benzene rings is 2. The van der Waals surface area contributed by atoms with Gasteiger partial charge in [-0.25, -0.2) is 0 Å². The Morgan fingerprint density at radius 2 is 1.50 bits per heavy atom. The number of piperazine rings is 1. The van der Waals surface area contributed by atoms with Crippen LogP contribution >= 0.6 is 11.5 Å². The summed E-state index contributed by atoms with van der Waals surface area (Å²) in [6, 6.07) is 16.3. The molecule has 0 saturated carbocycles. The standard InChI is InChI=1S/C20H24N4OS/c1-21-11-13-23(14-12-21)15-20(25)24-17-8-4-3-7-16(17)22(2)26-19-10-6-5-9-18(19)24/h3-10H,11-15H2,1-2H3. The van der Waals surface area contributed by atoms with Gasteiger partial charge in [0.25, 0.3) is 0 Å². The lowest BCUT2D eigenvalue weighted by atomic mass is 10.2. The number of likely N-dealkylation sites (N-methyl/N-ethyl adjacent to an activating group) is 1. The molecule has 0 aliphatic carbocycles. The van der Waals surface area contributed by atoms with Crippen LogP contribution in [0.2, 0.25) is 0 Å². The number of para-hydroxylation sites is 3. The first kappa shape index (κ1) is 17.3. The molecule has 0 atom stereocenters. The predicted molar refractivity (Wildman–Crippen MR) is 108 cm³/mol. The van der Waals surface area contributed by atoms with E-state index < -0.39 is 0 Å². The van der Waals surface area contributed by atoms with E-state index in [0.717, 1.165) is 47.4 Å². The van der Waals surface area contributed by atoms with Crippen LogP contribution in [0.4, 0.5) is 0 Å². The van der Waals surface area contributed by atoms with Crippen molar-refractivity contribution in [3.63, 3.8) is 0 Å². The molecule has 1 fully saturated rings. The molecular weight excluding hydrogens is 344 g/mol. The quantitative estimate of drug-likeness (QED) is 0.696. The second kappa shape index (κ2) is 7.23. The van der Waals surface area contributed by atoms with Crippen molar-refractivity contribution in [3.05, 3.63) is 48.5 Å². The molecule has 0 unspecified atom stereocenters. The largest absolute Gasteiger partial charge is 0.304 e. The monoisotopic (exact) mass is 368 g/mol. The Balaban J connectivity index is 1.86. The van der Waals surface area contributed by atoms with Crippen molar-refractivity contribution >= 4 is 38.7 Å². The van der Waals surface area contributed by atoms with Gasteiger partial charge in [0.05, 0.1) is 27.8 Å². The van der Waals surface area contributed by atoms with E-state index in [0.29, 0.717) is 6.54 Å². The number of rotatable bonds is 2. The Morgan fingerprint density at radius 1 is 0.885 bits per heavy atom. The van der Waals surface area contributed by atoms with Gasteiger partial charge in [-0.05, 0) is 31.3 Å². The number of nitrogens with zero attached hydrogens (tertiary/aromatic N) is 4. The number of aryl methyl sites for hydroxylation is 1. The first-order valence-corrected chi connectivity index (χ1v) is 9.74. The predicted octanol–water partition coefficient (Wildman–Crippen LogP) is 3.21. The summed E-state index contributed by atoms with van der Waals surface area (Å²) < 4.78 is 5.13. The van der Waals surface area contributed by atoms with Crippen molar-refractivity contribution in [1.29, 1.82) is 0 Å². The summed E-state index contributed by atoms with van der Waals surface area (Å²) in [6.45, 7) is 4.35. The molecule has 6 heteroatoms. The summed E-state index contributed by atoms with van der Waals surface area (Å²) in [5.41, 5.74) is 2.97. The molecule has 0 spiro atoms. The third-order valence-corrected chi connectivity index (χ3v) is 6.02. The minimum absolute atomic E-state index is 0.130. The summed E-state index contributed by atoms with van der Waals surface area (Å²) in [6.07, 6.45) is 0. The Labute approximate surface area is 157 Å². The molecule has 3 aromatic rings. The lowest BCUT2D eigenvalue weighted by molar-refractivity contribution is 0.0806. The maximum Gasteiger partial charge on any atom is 0.245 e. The highest BCUT2D eigenvalue weighted by atomic mass is 32.1. The summed E-state index contributed by atoms with van der Waals surface area (Å²) in [4.78, 5) is 17.9. The van der Waals surface area contributed by atoms with Crippen molar-refractivity contribution in [2.45, 2.75) is 0 Å². The van der Waals surface area contributed by atoms with Gasteiger partial charge in [-0.15, -0.1) is 0 Å². The molecule has 0 radical (unpaired) electrons. The third kappa shape index (κ3) is 3.28. The molecule has 136 valence electrons. The fourth-order valence-corrected chi connectivity index (χ4v) is 4.44. The molecule has 0 bridgehead atoms. The highest BCUT2D eigenvalue weighted by Crippen LogP contribution is 2.24. The molecule has 1 aromatic heterocycles. The zero-order valence-electron chi connectivity index (χ0n) is 15.3. The van der Waals surface area contributed by atoms with Crippen LogP contribution in [0.1, 0.15) is 4.79 Å². The van der Waals surface area contributed by atoms with E-state index >= 15 is 0 Å². The molecule has 26 heavy (non-hydrogen) atoms. The van der Waals surface area contributed by atoms with Crippen molar-refractivity contribution in [1.82, 2.24) is 18.3 Å². The van der Waals surface area contributed by atoms with E-state index in [-0.39, 0.29) is 5.91 Å². The first-order valence-electron chi connectivity index (χ1n) is 8.97. The fourth-order valence-electron chi connectivity index (χ4n) is 3.50. The molecule has 2 heterocycles. The Kier molecular flexibility index (Phi) is 4.80. The normalized spacial score (nSPS) is 16.2. The van der Waals surface area contributed by atoms with Gasteiger partial charge in [-0.2, -0.15) is 0 Å². The minimum atomic E-state index is 0.130. The van der Waals surface area contributed by atoms with E-state index in [9.17, 15) is 4.79 Å². The van der Waals surface area contributed by atoms with Gasteiger partial charge in [-0.3, -0.25) is 18.2 Å². The topological polar surface area (TPSA) is 33.4 Å². The summed E-state index contributed by atoms with van der Waals surface area (Å²) in [7, 11) is 4.18. The van der Waals surface area contributed by atoms with Crippen LogP contribution in [0.3, 0.4) is 0 Å². The highest BCUT2D eigenvalue weighted by molar-refractivity contribution is 7.13. The molecule has 1 aliphatic heterocycles. The van der Waals surface area contributed by atoms with Crippen molar-refractivity contribution in [3.8, 4) is 0 Å². The van der Waals surface area contributed by atoms with Crippen LogP contribution in [0.25, 0.3) is 21.3 Å². The Bertz CT molecular complexity index is 990. The van der Waals surface area contributed by atoms with E-state index in [1.54, 1.807) is 11.5 Å². The summed E-state index contributed by atoms with van der Waals surface area (Å²) in [5.74, 6) is 0.130. The summed E-state index contributed by atoms with van der Waals surface area (Å²) in [5, 5.41) is 0. The molecule has 5 nitrogen and oxygen atoms in total. The molecule has 1 saturated heterocycles. The summed E-state index contributed by atoms with van der Waals surface area (Å²) >= 11 is 1.66. The fraction of sp³-hybridized carbons (Fsp3) is 0.350. The zero-order valence-corrected chi connectivity index (χ0v) is 16.1. The van der Waals surface area contributed by atoms with Gasteiger partial charge in [0.15, 0.2) is 0 Å². The van der Waals surface area contributed by atoms with Gasteiger partial charge in [0.2, 0.25) is 5.91 Å². The minimum Gasteiger partial charge on any atom is -0.304 e. The smallest absolute Gasteiger partial charge is 0.245 e. The van der Waals surface area contributed by atoms with Crippen molar-refractivity contribution < 1.29 is 4.79 Å². The van der Waals surface area contributed by atoms with E-state index in [1.807, 2.05) is 41.0 Å². The van der Waals surface area contributed by atoms with Gasteiger partial charge in [0.1, 0.15) is 0 Å². The number of carbonyl (C=O) groups excluding carboxylic acids is 1. The van der Waals surface area contributed by atoms with Crippen LogP contribution in [0, 0.1) is 0 Å². The van der Waals surface area contributed by atoms with Crippen LogP contribution in [0.15, 0.2) is 48.5 Å². The lowest BCUT2D eigenvalue weighted by Crippen LogP contribution is -2.46. The molecule has 1 aliphatic rings. The van der Waals surface area contributed by atoms with E-state index in [4.69, 9.17) is 0 Å². The molecule has 0 N–H and O–H groups in total. The first-order chi connectivity index (χ1) is 12.6. The second-order valence-electron chi connectivity index (χ2n) is 6.85. The second-order valence-corrected chi connectivity index (χ2v) is 8.02. The van der Waals surface area contributed by atoms with Crippen LogP contribution in [-0.4, -0.2) is 64.0 Å². The van der Waals surface area contributed by atoms with Crippen LogP contribution < -0.4 is 0 Å². The molecular formula is C20H24N4OS. The maximum atomic E-state index is 13.4. The van der Waals surface area contributed by atoms with E-state index in [2.05, 4.69) is 40.0 Å². The Morgan fingerprint density at radius 3 is 2.23 bits per heavy atom. The average molecular weight is 369 g/mol. The number of carbonyl (C=O) groups is 1. The van der Waals surface area contributed by atoms with Gasteiger partial charge < -0.3 is 4.90 Å². The average Bonchev–Trinajstić information content (AvgIpc) is 2.77. The SMILES string of the molecule is CN1CCN(CC(=O)n2c3ccccc3sn(C)c3ccccc32)CC1. The number of fused-ring (bicyclic) bond motifs is 2. The lowest BCUT2D eigenvalue weighted by Gasteiger charge is -2.31. The van der Waals surface area contributed by atoms with Gasteiger partial charge in [0, 0.05) is 33.2 Å². The molecule has 2 aromatic carbocycles. The van der Waals surface area contributed by atoms with Crippen molar-refractivity contribution in [2.24, 2.45) is 7.05 Å². The molecule has 0 amide bonds. The number of hydrogen-bond acceptors (Lipinski definition) is 4. The van der Waals surface area contributed by atoms with Crippen LogP contribution in [0.5, 0.6) is 0 Å². The van der Waals surface area contributed by atoms with E-state index in [1.165, 1.54) is 0 Å². The van der Waals surface area contributed by atoms with Crippen molar-refractivity contribution in [2.75, 3.05) is 39.8 Å².